The van der Waals surface area contributed by atoms with Gasteiger partial charge in [0.05, 0.1) is 6.20 Å². The third-order valence-electron chi connectivity index (χ3n) is 5.29. The largest absolute Gasteiger partial charge is 0.308 e. The summed E-state index contributed by atoms with van der Waals surface area (Å²) in [5.74, 6) is 0. The van der Waals surface area contributed by atoms with E-state index in [0.717, 1.165) is 6.54 Å². The van der Waals surface area contributed by atoms with E-state index >= 15 is 0 Å². The van der Waals surface area contributed by atoms with Gasteiger partial charge < -0.3 is 10.2 Å². The zero-order valence-electron chi connectivity index (χ0n) is 12.4. The van der Waals surface area contributed by atoms with E-state index in [1.807, 2.05) is 4.68 Å². The molecule has 0 saturated heterocycles. The first-order chi connectivity index (χ1) is 9.12. The van der Waals surface area contributed by atoms with Crippen molar-refractivity contribution in [1.29, 1.82) is 0 Å². The summed E-state index contributed by atoms with van der Waals surface area (Å²) in [5.41, 5.74) is 3.26. The van der Waals surface area contributed by atoms with Crippen molar-refractivity contribution < 1.29 is 0 Å². The Balaban J connectivity index is 1.68. The molecule has 2 aliphatic rings. The van der Waals surface area contributed by atoms with Crippen LogP contribution in [-0.2, 0) is 13.5 Å². The van der Waals surface area contributed by atoms with Gasteiger partial charge in [-0.15, -0.1) is 0 Å². The van der Waals surface area contributed by atoms with Crippen LogP contribution in [0.15, 0.2) is 6.20 Å². The van der Waals surface area contributed by atoms with Crippen LogP contribution in [-0.4, -0.2) is 40.9 Å². The first-order valence-corrected chi connectivity index (χ1v) is 7.54. The van der Waals surface area contributed by atoms with E-state index in [1.54, 1.807) is 0 Å². The van der Waals surface area contributed by atoms with Crippen molar-refractivity contribution in [2.75, 3.05) is 20.6 Å². The number of aryl methyl sites for hydroxylation is 1. The molecule has 1 aromatic heterocycles. The molecule has 1 heterocycles. The maximum Gasteiger partial charge on any atom is 0.0540 e. The number of rotatable bonds is 4. The lowest BCUT2D eigenvalue weighted by Crippen LogP contribution is -2.56. The highest BCUT2D eigenvalue weighted by atomic mass is 15.3. The lowest BCUT2D eigenvalue weighted by atomic mass is 9.75. The highest BCUT2D eigenvalue weighted by Gasteiger charge is 2.39. The van der Waals surface area contributed by atoms with E-state index < -0.39 is 0 Å². The zero-order valence-corrected chi connectivity index (χ0v) is 12.4. The molecule has 106 valence electrons. The van der Waals surface area contributed by atoms with Crippen molar-refractivity contribution in [1.82, 2.24) is 20.0 Å². The molecule has 0 bridgehead atoms. The van der Waals surface area contributed by atoms with E-state index in [0.29, 0.717) is 11.6 Å². The van der Waals surface area contributed by atoms with E-state index in [4.69, 9.17) is 0 Å². The molecule has 19 heavy (non-hydrogen) atoms. The Morgan fingerprint density at radius 2 is 2.21 bits per heavy atom. The van der Waals surface area contributed by atoms with Crippen LogP contribution >= 0.6 is 0 Å². The molecular weight excluding hydrogens is 236 g/mol. The fourth-order valence-electron chi connectivity index (χ4n) is 3.60. The third kappa shape index (κ3) is 2.21. The van der Waals surface area contributed by atoms with Gasteiger partial charge in [0.2, 0.25) is 0 Å². The summed E-state index contributed by atoms with van der Waals surface area (Å²) in [6.07, 6.45) is 9.82. The van der Waals surface area contributed by atoms with Crippen molar-refractivity contribution in [3.8, 4) is 0 Å². The van der Waals surface area contributed by atoms with E-state index in [9.17, 15) is 0 Å². The highest BCUT2D eigenvalue weighted by molar-refractivity contribution is 5.24. The second kappa shape index (κ2) is 4.91. The van der Waals surface area contributed by atoms with Gasteiger partial charge in [0.1, 0.15) is 0 Å². The molecule has 1 unspecified atom stereocenters. The van der Waals surface area contributed by atoms with E-state index in [2.05, 4.69) is 42.7 Å². The van der Waals surface area contributed by atoms with E-state index in [1.165, 1.54) is 49.8 Å². The van der Waals surface area contributed by atoms with Crippen molar-refractivity contribution in [2.45, 2.75) is 50.1 Å². The number of hydrogen-bond donors (Lipinski definition) is 1. The Labute approximate surface area is 116 Å². The molecule has 2 aliphatic carbocycles. The lowest BCUT2D eigenvalue weighted by molar-refractivity contribution is 0.0564. The molecule has 0 radical (unpaired) electrons. The molecule has 4 heteroatoms. The average molecular weight is 262 g/mol. The second-order valence-electron chi connectivity index (χ2n) is 6.47. The average Bonchev–Trinajstić information content (AvgIpc) is 2.70. The maximum absolute atomic E-state index is 4.43. The molecule has 1 aromatic rings. The molecule has 4 nitrogen and oxygen atoms in total. The van der Waals surface area contributed by atoms with Crippen LogP contribution in [0, 0.1) is 0 Å². The van der Waals surface area contributed by atoms with Crippen molar-refractivity contribution >= 4 is 0 Å². The van der Waals surface area contributed by atoms with Crippen LogP contribution < -0.4 is 5.32 Å². The third-order valence-corrected chi connectivity index (χ3v) is 5.29. The summed E-state index contributed by atoms with van der Waals surface area (Å²) in [6, 6.07) is 0.509. The summed E-state index contributed by atoms with van der Waals surface area (Å²) >= 11 is 0. The molecular formula is C15H26N4. The number of nitrogens with zero attached hydrogens (tertiary/aromatic N) is 3. The van der Waals surface area contributed by atoms with Crippen LogP contribution in [0.4, 0.5) is 0 Å². The van der Waals surface area contributed by atoms with Crippen molar-refractivity contribution in [2.24, 2.45) is 7.05 Å². The predicted octanol–water partition coefficient (Wildman–Crippen LogP) is 1.87. The van der Waals surface area contributed by atoms with Gasteiger partial charge in [-0.25, -0.2) is 0 Å². The van der Waals surface area contributed by atoms with Crippen molar-refractivity contribution in [3.05, 3.63) is 17.5 Å². The Bertz CT molecular complexity index is 445. The van der Waals surface area contributed by atoms with Crippen LogP contribution in [0.25, 0.3) is 0 Å². The molecule has 0 aromatic carbocycles. The van der Waals surface area contributed by atoms with Gasteiger partial charge in [-0.3, -0.25) is 4.68 Å². The highest BCUT2D eigenvalue weighted by Crippen LogP contribution is 2.37. The Morgan fingerprint density at radius 1 is 1.42 bits per heavy atom. The van der Waals surface area contributed by atoms with Gasteiger partial charge in [-0.1, -0.05) is 0 Å². The number of hydrogen-bond acceptors (Lipinski definition) is 3. The van der Waals surface area contributed by atoms with Crippen LogP contribution in [0.1, 0.15) is 49.4 Å². The smallest absolute Gasteiger partial charge is 0.0540 e. The van der Waals surface area contributed by atoms with Gasteiger partial charge in [0.25, 0.3) is 0 Å². The Morgan fingerprint density at radius 3 is 2.84 bits per heavy atom. The van der Waals surface area contributed by atoms with Crippen LogP contribution in [0.5, 0.6) is 0 Å². The van der Waals surface area contributed by atoms with Gasteiger partial charge in [-0.05, 0) is 52.6 Å². The summed E-state index contributed by atoms with van der Waals surface area (Å²) < 4.78 is 2.05. The first kappa shape index (κ1) is 13.1. The molecule has 1 saturated carbocycles. The van der Waals surface area contributed by atoms with Gasteiger partial charge in [0, 0.05) is 36.4 Å². The maximum atomic E-state index is 4.43. The molecule has 0 aliphatic heterocycles. The predicted molar refractivity (Wildman–Crippen MR) is 77.2 cm³/mol. The standard InChI is InChI=1S/C15H26N4/c1-18(2)15(8-5-9-15)11-16-13-6-4-7-14-12(13)10-17-19(14)3/h10,13,16H,4-9,11H2,1-3H3. The van der Waals surface area contributed by atoms with Gasteiger partial charge >= 0.3 is 0 Å². The molecule has 3 rings (SSSR count). The van der Waals surface area contributed by atoms with Crippen LogP contribution in [0.2, 0.25) is 0 Å². The minimum absolute atomic E-state index is 0.403. The van der Waals surface area contributed by atoms with Gasteiger partial charge in [0.15, 0.2) is 0 Å². The lowest BCUT2D eigenvalue weighted by Gasteiger charge is -2.48. The summed E-state index contributed by atoms with van der Waals surface area (Å²) in [7, 11) is 6.50. The molecule has 1 N–H and O–H groups in total. The summed E-state index contributed by atoms with van der Waals surface area (Å²) in [4.78, 5) is 2.41. The normalized spacial score (nSPS) is 25.2. The van der Waals surface area contributed by atoms with Gasteiger partial charge in [-0.2, -0.15) is 5.10 Å². The molecule has 1 fully saturated rings. The Kier molecular flexibility index (Phi) is 3.39. The number of likely N-dealkylation sites (N-methyl/N-ethyl adjacent to an activating group) is 1. The summed E-state index contributed by atoms with van der Waals surface area (Å²) in [6.45, 7) is 1.11. The zero-order chi connectivity index (χ0) is 13.5. The second-order valence-corrected chi connectivity index (χ2v) is 6.47. The quantitative estimate of drug-likeness (QED) is 0.899. The fourth-order valence-corrected chi connectivity index (χ4v) is 3.60. The fraction of sp³-hybridized carbons (Fsp3) is 0.800. The first-order valence-electron chi connectivity index (χ1n) is 7.54. The monoisotopic (exact) mass is 262 g/mol. The minimum Gasteiger partial charge on any atom is -0.308 e. The van der Waals surface area contributed by atoms with E-state index in [-0.39, 0.29) is 0 Å². The van der Waals surface area contributed by atoms with Crippen LogP contribution in [0.3, 0.4) is 0 Å². The SMILES string of the molecule is CN(C)C1(CNC2CCCc3c2cnn3C)CCC1. The molecule has 0 amide bonds. The topological polar surface area (TPSA) is 33.1 Å². The number of fused-ring (bicyclic) bond motifs is 1. The Hall–Kier alpha value is -0.870. The summed E-state index contributed by atoms with van der Waals surface area (Å²) in [5, 5.41) is 8.25. The number of nitrogens with one attached hydrogen (secondary N) is 1. The molecule has 0 spiro atoms. The van der Waals surface area contributed by atoms with Crippen molar-refractivity contribution in [3.63, 3.8) is 0 Å². The molecule has 1 atom stereocenters. The number of aromatic nitrogens is 2. The minimum atomic E-state index is 0.403.